The number of hydrogen-bond acceptors (Lipinski definition) is 4. The Balaban J connectivity index is 2.02. The molecule has 0 aromatic heterocycles. The smallest absolute Gasteiger partial charge is 0.162 e. The molecule has 3 N–H and O–H groups in total. The Morgan fingerprint density at radius 1 is 1.45 bits per heavy atom. The number of benzene rings is 1. The van der Waals surface area contributed by atoms with Gasteiger partial charge >= 0.3 is 0 Å². The highest BCUT2D eigenvalue weighted by molar-refractivity contribution is 5.45. The SMILES string of the molecule is CCOc1cccc(CNC2CCCC2(C)CO)c1O. The first-order chi connectivity index (χ1) is 9.60. The Morgan fingerprint density at radius 3 is 2.95 bits per heavy atom. The summed E-state index contributed by atoms with van der Waals surface area (Å²) in [5.41, 5.74) is 0.788. The molecule has 0 saturated heterocycles. The molecule has 0 bridgehead atoms. The minimum Gasteiger partial charge on any atom is -0.504 e. The van der Waals surface area contributed by atoms with Gasteiger partial charge in [0.15, 0.2) is 11.5 Å². The second kappa shape index (κ2) is 6.46. The predicted molar refractivity (Wildman–Crippen MR) is 78.9 cm³/mol. The third kappa shape index (κ3) is 3.07. The van der Waals surface area contributed by atoms with Gasteiger partial charge in [-0.2, -0.15) is 0 Å². The van der Waals surface area contributed by atoms with E-state index in [1.165, 1.54) is 0 Å². The summed E-state index contributed by atoms with van der Waals surface area (Å²) >= 11 is 0. The van der Waals surface area contributed by atoms with Gasteiger partial charge in [-0.3, -0.25) is 0 Å². The summed E-state index contributed by atoms with van der Waals surface area (Å²) < 4.78 is 5.39. The fraction of sp³-hybridized carbons (Fsp3) is 0.625. The molecule has 1 aromatic rings. The van der Waals surface area contributed by atoms with Gasteiger partial charge in [0.25, 0.3) is 0 Å². The number of aliphatic hydroxyl groups is 1. The summed E-state index contributed by atoms with van der Waals surface area (Å²) in [4.78, 5) is 0. The van der Waals surface area contributed by atoms with Gasteiger partial charge in [0.1, 0.15) is 0 Å². The Labute approximate surface area is 120 Å². The molecule has 2 unspecified atom stereocenters. The monoisotopic (exact) mass is 279 g/mol. The number of nitrogens with one attached hydrogen (secondary N) is 1. The third-order valence-electron chi connectivity index (χ3n) is 4.36. The molecular weight excluding hydrogens is 254 g/mol. The average Bonchev–Trinajstić information content (AvgIpc) is 2.82. The van der Waals surface area contributed by atoms with Crippen LogP contribution in [0.15, 0.2) is 18.2 Å². The van der Waals surface area contributed by atoms with Gasteiger partial charge in [0.2, 0.25) is 0 Å². The Hall–Kier alpha value is -1.26. The highest BCUT2D eigenvalue weighted by Crippen LogP contribution is 2.38. The van der Waals surface area contributed by atoms with Crippen molar-refractivity contribution in [3.05, 3.63) is 23.8 Å². The lowest BCUT2D eigenvalue weighted by atomic mass is 9.85. The van der Waals surface area contributed by atoms with Crippen LogP contribution in [0.2, 0.25) is 0 Å². The Kier molecular flexibility index (Phi) is 4.89. The molecule has 0 radical (unpaired) electrons. The van der Waals surface area contributed by atoms with E-state index in [1.54, 1.807) is 6.07 Å². The van der Waals surface area contributed by atoms with Crippen LogP contribution in [0.25, 0.3) is 0 Å². The zero-order valence-electron chi connectivity index (χ0n) is 12.4. The highest BCUT2D eigenvalue weighted by Gasteiger charge is 2.37. The van der Waals surface area contributed by atoms with Crippen LogP contribution in [-0.4, -0.2) is 29.5 Å². The molecule has 1 aliphatic rings. The molecule has 0 amide bonds. The molecule has 2 atom stereocenters. The van der Waals surface area contributed by atoms with Crippen LogP contribution in [0, 0.1) is 5.41 Å². The van der Waals surface area contributed by atoms with Crippen LogP contribution in [0.1, 0.15) is 38.7 Å². The summed E-state index contributed by atoms with van der Waals surface area (Å²) in [6.45, 7) is 5.35. The molecule has 1 aromatic carbocycles. The van der Waals surface area contributed by atoms with E-state index in [0.29, 0.717) is 24.9 Å². The molecule has 1 fully saturated rings. The zero-order chi connectivity index (χ0) is 14.6. The fourth-order valence-electron chi connectivity index (χ4n) is 2.99. The number of rotatable bonds is 6. The van der Waals surface area contributed by atoms with Gasteiger partial charge in [-0.1, -0.05) is 25.5 Å². The van der Waals surface area contributed by atoms with Crippen molar-refractivity contribution in [2.45, 2.75) is 45.7 Å². The molecular formula is C16H25NO3. The van der Waals surface area contributed by atoms with Crippen LogP contribution >= 0.6 is 0 Å². The summed E-state index contributed by atoms with van der Waals surface area (Å²) in [5, 5.41) is 23.2. The Bertz CT molecular complexity index is 449. The van der Waals surface area contributed by atoms with Crippen LogP contribution in [0.4, 0.5) is 0 Å². The number of aliphatic hydroxyl groups excluding tert-OH is 1. The average molecular weight is 279 g/mol. The number of phenols is 1. The molecule has 20 heavy (non-hydrogen) atoms. The minimum absolute atomic E-state index is 0.0485. The Morgan fingerprint density at radius 2 is 2.25 bits per heavy atom. The van der Waals surface area contributed by atoms with Crippen molar-refractivity contribution in [2.75, 3.05) is 13.2 Å². The number of aromatic hydroxyl groups is 1. The van der Waals surface area contributed by atoms with Gasteiger partial charge in [-0.15, -0.1) is 0 Å². The summed E-state index contributed by atoms with van der Waals surface area (Å²) in [6, 6.07) is 5.86. The zero-order valence-corrected chi connectivity index (χ0v) is 12.4. The van der Waals surface area contributed by atoms with Gasteiger partial charge < -0.3 is 20.3 Å². The summed E-state index contributed by atoms with van der Waals surface area (Å²) in [5.74, 6) is 0.744. The predicted octanol–water partition coefficient (Wildman–Crippen LogP) is 2.43. The quantitative estimate of drug-likeness (QED) is 0.748. The minimum atomic E-state index is -0.0485. The van der Waals surface area contributed by atoms with E-state index in [9.17, 15) is 10.2 Å². The van der Waals surface area contributed by atoms with E-state index in [1.807, 2.05) is 19.1 Å². The lowest BCUT2D eigenvalue weighted by molar-refractivity contribution is 0.118. The van der Waals surface area contributed by atoms with E-state index >= 15 is 0 Å². The molecule has 1 saturated carbocycles. The van der Waals surface area contributed by atoms with Crippen LogP contribution in [0.5, 0.6) is 11.5 Å². The second-order valence-corrected chi connectivity index (χ2v) is 5.83. The second-order valence-electron chi connectivity index (χ2n) is 5.83. The molecule has 112 valence electrons. The molecule has 0 aliphatic heterocycles. The topological polar surface area (TPSA) is 61.7 Å². The van der Waals surface area contributed by atoms with Crippen LogP contribution in [0.3, 0.4) is 0 Å². The van der Waals surface area contributed by atoms with Crippen molar-refractivity contribution in [3.63, 3.8) is 0 Å². The van der Waals surface area contributed by atoms with E-state index in [0.717, 1.165) is 24.8 Å². The summed E-state index contributed by atoms with van der Waals surface area (Å²) in [6.07, 6.45) is 3.26. The van der Waals surface area contributed by atoms with Crippen molar-refractivity contribution in [1.29, 1.82) is 0 Å². The van der Waals surface area contributed by atoms with Gasteiger partial charge in [-0.25, -0.2) is 0 Å². The maximum atomic E-state index is 10.2. The third-order valence-corrected chi connectivity index (χ3v) is 4.36. The maximum absolute atomic E-state index is 10.2. The first-order valence-corrected chi connectivity index (χ1v) is 7.38. The van der Waals surface area contributed by atoms with E-state index in [2.05, 4.69) is 12.2 Å². The van der Waals surface area contributed by atoms with Crippen LogP contribution in [-0.2, 0) is 6.54 Å². The number of para-hydroxylation sites is 1. The molecule has 0 heterocycles. The number of phenolic OH excluding ortho intramolecular Hbond substituents is 1. The van der Waals surface area contributed by atoms with Crippen molar-refractivity contribution in [2.24, 2.45) is 5.41 Å². The number of hydrogen-bond donors (Lipinski definition) is 3. The van der Waals surface area contributed by atoms with Gasteiger partial charge in [0.05, 0.1) is 6.61 Å². The van der Waals surface area contributed by atoms with Crippen molar-refractivity contribution in [3.8, 4) is 11.5 Å². The molecule has 4 heteroatoms. The molecule has 1 aliphatic carbocycles. The number of ether oxygens (including phenoxy) is 1. The standard InChI is InChI=1S/C16H25NO3/c1-3-20-13-7-4-6-12(15(13)19)10-17-14-8-5-9-16(14,2)11-18/h4,6-7,14,17-19H,3,5,8-11H2,1-2H3. The lowest BCUT2D eigenvalue weighted by Gasteiger charge is -2.30. The summed E-state index contributed by atoms with van der Waals surface area (Å²) in [7, 11) is 0. The van der Waals surface area contributed by atoms with Crippen molar-refractivity contribution < 1.29 is 14.9 Å². The molecule has 0 spiro atoms. The van der Waals surface area contributed by atoms with Crippen molar-refractivity contribution in [1.82, 2.24) is 5.32 Å². The van der Waals surface area contributed by atoms with Crippen LogP contribution < -0.4 is 10.1 Å². The highest BCUT2D eigenvalue weighted by atomic mass is 16.5. The van der Waals surface area contributed by atoms with E-state index < -0.39 is 0 Å². The first-order valence-electron chi connectivity index (χ1n) is 7.38. The van der Waals surface area contributed by atoms with E-state index in [4.69, 9.17) is 4.74 Å². The maximum Gasteiger partial charge on any atom is 0.162 e. The fourth-order valence-corrected chi connectivity index (χ4v) is 2.99. The van der Waals surface area contributed by atoms with Gasteiger partial charge in [-0.05, 0) is 25.8 Å². The molecule has 4 nitrogen and oxygen atoms in total. The van der Waals surface area contributed by atoms with Crippen molar-refractivity contribution >= 4 is 0 Å². The normalized spacial score (nSPS) is 25.9. The first kappa shape index (κ1) is 15.1. The molecule has 2 rings (SSSR count). The van der Waals surface area contributed by atoms with Gasteiger partial charge in [0, 0.05) is 30.2 Å². The largest absolute Gasteiger partial charge is 0.504 e. The lowest BCUT2D eigenvalue weighted by Crippen LogP contribution is -2.41. The van der Waals surface area contributed by atoms with E-state index in [-0.39, 0.29) is 17.8 Å².